The quantitative estimate of drug-likeness (QED) is 0.458. The number of thioether (sulfide) groups is 1. The fraction of sp³-hybridized carbons (Fsp3) is 0.562. The highest BCUT2D eigenvalue weighted by Crippen LogP contribution is 2.19. The van der Waals surface area contributed by atoms with Crippen molar-refractivity contribution in [1.82, 2.24) is 4.90 Å². The van der Waals surface area contributed by atoms with E-state index in [4.69, 9.17) is 4.74 Å². The van der Waals surface area contributed by atoms with Crippen LogP contribution in [0.2, 0.25) is 0 Å². The van der Waals surface area contributed by atoms with E-state index < -0.39 is 0 Å². The summed E-state index contributed by atoms with van der Waals surface area (Å²) in [7, 11) is 2.11. The molecule has 1 aromatic carbocycles. The fourth-order valence-corrected chi connectivity index (χ4v) is 3.14. The molecule has 20 heavy (non-hydrogen) atoms. The second kappa shape index (κ2) is 8.32. The number of piperidine rings is 1. The molecular formula is C16H23NO2S. The zero-order valence-corrected chi connectivity index (χ0v) is 12.9. The summed E-state index contributed by atoms with van der Waals surface area (Å²) < 4.78 is 5.52. The number of hydrogen-bond acceptors (Lipinski definition) is 4. The summed E-state index contributed by atoms with van der Waals surface area (Å²) in [5.74, 6) is 0.931. The summed E-state index contributed by atoms with van der Waals surface area (Å²) in [4.78, 5) is 15.3. The van der Waals surface area contributed by atoms with E-state index in [0.717, 1.165) is 38.1 Å². The predicted octanol–water partition coefficient (Wildman–Crippen LogP) is 3.20. The molecule has 1 heterocycles. The topological polar surface area (TPSA) is 29.5 Å². The highest BCUT2D eigenvalue weighted by Gasteiger charge is 2.19. The third-order valence-corrected chi connectivity index (χ3v) is 4.60. The molecule has 110 valence electrons. The molecule has 0 bridgehead atoms. The van der Waals surface area contributed by atoms with Crippen molar-refractivity contribution in [2.45, 2.75) is 36.7 Å². The molecule has 0 spiro atoms. The zero-order chi connectivity index (χ0) is 14.2. The second-order valence-corrected chi connectivity index (χ2v) is 6.43. The van der Waals surface area contributed by atoms with Crippen LogP contribution in [0.25, 0.3) is 0 Å². The van der Waals surface area contributed by atoms with Gasteiger partial charge in [0.1, 0.15) is 6.10 Å². The van der Waals surface area contributed by atoms with Crippen LogP contribution in [0.5, 0.6) is 0 Å². The van der Waals surface area contributed by atoms with Crippen molar-refractivity contribution in [2.24, 2.45) is 0 Å². The average Bonchev–Trinajstić information content (AvgIpc) is 2.47. The average molecular weight is 293 g/mol. The smallest absolute Gasteiger partial charge is 0.306 e. The van der Waals surface area contributed by atoms with Crippen molar-refractivity contribution < 1.29 is 9.53 Å². The number of carbonyl (C=O) groups excluding carboxylic acids is 1. The fourth-order valence-electron chi connectivity index (χ4n) is 2.27. The van der Waals surface area contributed by atoms with Crippen molar-refractivity contribution in [1.29, 1.82) is 0 Å². The summed E-state index contributed by atoms with van der Waals surface area (Å²) in [6.45, 7) is 2.06. The number of carbonyl (C=O) groups is 1. The molecule has 0 N–H and O–H groups in total. The highest BCUT2D eigenvalue weighted by atomic mass is 32.2. The van der Waals surface area contributed by atoms with E-state index in [9.17, 15) is 4.79 Å². The van der Waals surface area contributed by atoms with Gasteiger partial charge in [-0.15, -0.1) is 11.8 Å². The first-order chi connectivity index (χ1) is 9.74. The van der Waals surface area contributed by atoms with Gasteiger partial charge in [-0.1, -0.05) is 18.2 Å². The number of rotatable bonds is 6. The Balaban J connectivity index is 1.56. The van der Waals surface area contributed by atoms with E-state index in [2.05, 4.69) is 24.1 Å². The molecule has 1 aliphatic rings. The molecule has 0 unspecified atom stereocenters. The molecule has 1 aliphatic heterocycles. The number of nitrogens with zero attached hydrogens (tertiary/aromatic N) is 1. The molecule has 0 radical (unpaired) electrons. The molecule has 0 saturated carbocycles. The van der Waals surface area contributed by atoms with Crippen LogP contribution in [0.4, 0.5) is 0 Å². The van der Waals surface area contributed by atoms with Crippen LogP contribution < -0.4 is 0 Å². The first-order valence-electron chi connectivity index (χ1n) is 7.30. The van der Waals surface area contributed by atoms with Crippen molar-refractivity contribution in [3.05, 3.63) is 30.3 Å². The largest absolute Gasteiger partial charge is 0.462 e. The molecule has 0 amide bonds. The van der Waals surface area contributed by atoms with E-state index in [1.165, 1.54) is 4.90 Å². The van der Waals surface area contributed by atoms with Crippen molar-refractivity contribution >= 4 is 17.7 Å². The van der Waals surface area contributed by atoms with Gasteiger partial charge in [0.2, 0.25) is 0 Å². The van der Waals surface area contributed by atoms with Crippen LogP contribution in [0.15, 0.2) is 35.2 Å². The van der Waals surface area contributed by atoms with Gasteiger partial charge in [0, 0.05) is 24.4 Å². The van der Waals surface area contributed by atoms with Gasteiger partial charge in [-0.2, -0.15) is 0 Å². The Hall–Kier alpha value is -1.00. The summed E-state index contributed by atoms with van der Waals surface area (Å²) in [5, 5.41) is 0. The van der Waals surface area contributed by atoms with Crippen molar-refractivity contribution in [2.75, 3.05) is 25.9 Å². The summed E-state index contributed by atoms with van der Waals surface area (Å²) >= 11 is 1.79. The van der Waals surface area contributed by atoms with Crippen LogP contribution in [0.3, 0.4) is 0 Å². The van der Waals surface area contributed by atoms with Gasteiger partial charge < -0.3 is 9.64 Å². The second-order valence-electron chi connectivity index (χ2n) is 5.26. The lowest BCUT2D eigenvalue weighted by Gasteiger charge is -2.28. The van der Waals surface area contributed by atoms with Gasteiger partial charge in [0.25, 0.3) is 0 Å². The number of likely N-dealkylation sites (tertiary alicyclic amines) is 1. The zero-order valence-electron chi connectivity index (χ0n) is 12.1. The minimum atomic E-state index is -0.0341. The normalized spacial score (nSPS) is 17.1. The third-order valence-electron chi connectivity index (χ3n) is 3.50. The minimum absolute atomic E-state index is 0.0341. The Morgan fingerprint density at radius 2 is 2.00 bits per heavy atom. The molecule has 1 aromatic rings. The summed E-state index contributed by atoms with van der Waals surface area (Å²) in [5.41, 5.74) is 0. The lowest BCUT2D eigenvalue weighted by atomic mass is 10.1. The lowest BCUT2D eigenvalue weighted by molar-refractivity contribution is -0.151. The number of hydrogen-bond donors (Lipinski definition) is 0. The molecule has 4 heteroatoms. The Bertz CT molecular complexity index is 402. The van der Waals surface area contributed by atoms with E-state index in [0.29, 0.717) is 6.42 Å². The SMILES string of the molecule is CN1CCC(OC(=O)CCCSc2ccccc2)CC1. The number of benzene rings is 1. The van der Waals surface area contributed by atoms with Gasteiger partial charge in [0.15, 0.2) is 0 Å². The Morgan fingerprint density at radius 1 is 1.30 bits per heavy atom. The maximum Gasteiger partial charge on any atom is 0.306 e. The number of esters is 1. The van der Waals surface area contributed by atoms with Crippen LogP contribution >= 0.6 is 11.8 Å². The molecule has 1 saturated heterocycles. The van der Waals surface area contributed by atoms with Gasteiger partial charge >= 0.3 is 5.97 Å². The summed E-state index contributed by atoms with van der Waals surface area (Å²) in [6, 6.07) is 10.3. The van der Waals surface area contributed by atoms with E-state index in [1.807, 2.05) is 18.2 Å². The van der Waals surface area contributed by atoms with Gasteiger partial charge in [0.05, 0.1) is 0 Å². The Labute approximate surface area is 125 Å². The van der Waals surface area contributed by atoms with Crippen molar-refractivity contribution in [3.63, 3.8) is 0 Å². The standard InChI is InChI=1S/C16H23NO2S/c1-17-11-9-14(10-12-17)19-16(18)8-5-13-20-15-6-3-2-4-7-15/h2-4,6-7,14H,5,8-13H2,1H3. The molecule has 2 rings (SSSR count). The predicted molar refractivity (Wildman–Crippen MR) is 83.0 cm³/mol. The molecule has 1 fully saturated rings. The molecule has 0 aromatic heterocycles. The van der Waals surface area contributed by atoms with Gasteiger partial charge in [-0.3, -0.25) is 4.79 Å². The summed E-state index contributed by atoms with van der Waals surface area (Å²) in [6.07, 6.45) is 3.50. The first-order valence-corrected chi connectivity index (χ1v) is 8.28. The van der Waals surface area contributed by atoms with Crippen molar-refractivity contribution in [3.8, 4) is 0 Å². The molecular weight excluding hydrogens is 270 g/mol. The van der Waals surface area contributed by atoms with Crippen LogP contribution in [-0.2, 0) is 9.53 Å². The first kappa shape index (κ1) is 15.4. The monoisotopic (exact) mass is 293 g/mol. The lowest BCUT2D eigenvalue weighted by Crippen LogP contribution is -2.35. The van der Waals surface area contributed by atoms with E-state index in [1.54, 1.807) is 11.8 Å². The van der Waals surface area contributed by atoms with E-state index >= 15 is 0 Å². The third kappa shape index (κ3) is 5.55. The van der Waals surface area contributed by atoms with Gasteiger partial charge in [-0.05, 0) is 44.2 Å². The minimum Gasteiger partial charge on any atom is -0.462 e. The van der Waals surface area contributed by atoms with Crippen LogP contribution in [0, 0.1) is 0 Å². The molecule has 3 nitrogen and oxygen atoms in total. The van der Waals surface area contributed by atoms with Crippen LogP contribution in [0.1, 0.15) is 25.7 Å². The Kier molecular flexibility index (Phi) is 6.40. The maximum absolute atomic E-state index is 11.8. The number of ether oxygens (including phenoxy) is 1. The van der Waals surface area contributed by atoms with E-state index in [-0.39, 0.29) is 12.1 Å². The van der Waals surface area contributed by atoms with Crippen LogP contribution in [-0.4, -0.2) is 42.9 Å². The molecule has 0 atom stereocenters. The maximum atomic E-state index is 11.8. The Morgan fingerprint density at radius 3 is 2.70 bits per heavy atom. The highest BCUT2D eigenvalue weighted by molar-refractivity contribution is 7.99. The van der Waals surface area contributed by atoms with Gasteiger partial charge in [-0.25, -0.2) is 0 Å². The molecule has 0 aliphatic carbocycles.